The molecule has 4 aromatic carbocycles. The Morgan fingerprint density at radius 1 is 0.865 bits per heavy atom. The van der Waals surface area contributed by atoms with E-state index in [2.05, 4.69) is 30.8 Å². The minimum atomic E-state index is -0.775. The maximum absolute atomic E-state index is 13.6. The van der Waals surface area contributed by atoms with Crippen molar-refractivity contribution in [2.45, 2.75) is 37.8 Å². The monoisotopic (exact) mass is 700 g/mol. The van der Waals surface area contributed by atoms with Crippen LogP contribution in [0.2, 0.25) is 0 Å². The van der Waals surface area contributed by atoms with Crippen molar-refractivity contribution in [2.75, 3.05) is 32.1 Å². The first kappa shape index (κ1) is 34.5. The first-order valence-corrected chi connectivity index (χ1v) is 17.5. The van der Waals surface area contributed by atoms with Crippen LogP contribution in [-0.4, -0.2) is 65.4 Å². The highest BCUT2D eigenvalue weighted by atomic mass is 19.1. The molecule has 1 aliphatic rings. The predicted octanol–water partition coefficient (Wildman–Crippen LogP) is 6.27. The van der Waals surface area contributed by atoms with E-state index < -0.39 is 11.9 Å². The number of H-pyrrole nitrogens is 2. The molecule has 11 heteroatoms. The van der Waals surface area contributed by atoms with Crippen molar-refractivity contribution >= 4 is 45.2 Å². The van der Waals surface area contributed by atoms with Crippen molar-refractivity contribution in [3.63, 3.8) is 0 Å². The minimum Gasteiger partial charge on any atom is -0.496 e. The summed E-state index contributed by atoms with van der Waals surface area (Å²) in [5.74, 6) is -0.215. The first-order chi connectivity index (χ1) is 25.3. The normalized spacial score (nSPS) is 14.3. The number of carbonyl (C=O) groups excluding carboxylic acids is 3. The van der Waals surface area contributed by atoms with Crippen molar-refractivity contribution in [2.24, 2.45) is 0 Å². The number of hydrogen-bond acceptors (Lipinski definition) is 5. The van der Waals surface area contributed by atoms with Gasteiger partial charge in [0, 0.05) is 64.0 Å². The standard InChI is InChI=1S/C41H41FN6O4/c1-52-38-9-5-2-6-28(38)22-45-41(51)37(20-29-23-43-35-8-4-3-7-32(29)35)47-39(49)25-48-18-16-26(17-19-48)34-24-44-36-15-14-31(21-33(34)36)46-40(50)27-10-12-30(42)13-11-27/h2-15,21,23-24,26,37,43-44H,16-20,22,25H2,1H3,(H,45,51)(H,46,50)(H,47,49). The highest BCUT2D eigenvalue weighted by Gasteiger charge is 2.27. The fourth-order valence-corrected chi connectivity index (χ4v) is 7.09. The van der Waals surface area contributed by atoms with Gasteiger partial charge in [0.05, 0.1) is 13.7 Å². The van der Waals surface area contributed by atoms with Crippen LogP contribution in [0.15, 0.2) is 103 Å². The molecule has 0 radical (unpaired) electrons. The summed E-state index contributed by atoms with van der Waals surface area (Å²) in [4.78, 5) is 48.6. The average Bonchev–Trinajstić information content (AvgIpc) is 3.78. The third kappa shape index (κ3) is 7.84. The Morgan fingerprint density at radius 2 is 1.60 bits per heavy atom. The van der Waals surface area contributed by atoms with Gasteiger partial charge in [0.15, 0.2) is 0 Å². The van der Waals surface area contributed by atoms with E-state index in [0.717, 1.165) is 58.9 Å². The SMILES string of the molecule is COc1ccccc1CNC(=O)C(Cc1c[nH]c2ccccc12)NC(=O)CN1CCC(c2c[nH]c3ccc(NC(=O)c4ccc(F)cc4)cc23)CC1. The number of benzene rings is 4. The second-order valence-corrected chi connectivity index (χ2v) is 13.2. The summed E-state index contributed by atoms with van der Waals surface area (Å²) in [5, 5.41) is 11.0. The van der Waals surface area contributed by atoms with Gasteiger partial charge in [-0.3, -0.25) is 19.3 Å². The van der Waals surface area contributed by atoms with Gasteiger partial charge < -0.3 is 30.7 Å². The van der Waals surface area contributed by atoms with Crippen LogP contribution in [0, 0.1) is 5.82 Å². The largest absolute Gasteiger partial charge is 0.496 e. The number of carbonyl (C=O) groups is 3. The summed E-state index contributed by atoms with van der Waals surface area (Å²) in [6, 6.07) is 25.9. The van der Waals surface area contributed by atoms with Gasteiger partial charge in [0.25, 0.3) is 5.91 Å². The van der Waals surface area contributed by atoms with E-state index in [1.807, 2.05) is 79.1 Å². The van der Waals surface area contributed by atoms with E-state index in [-0.39, 0.29) is 36.7 Å². The number of anilines is 1. The summed E-state index contributed by atoms with van der Waals surface area (Å²) < 4.78 is 18.8. The minimum absolute atomic E-state index is 0.185. The van der Waals surface area contributed by atoms with Crippen molar-refractivity contribution in [3.05, 3.63) is 131 Å². The number of aromatic nitrogens is 2. The van der Waals surface area contributed by atoms with Gasteiger partial charge >= 0.3 is 0 Å². The zero-order chi connectivity index (χ0) is 36.0. The Hall–Kier alpha value is -5.94. The zero-order valence-corrected chi connectivity index (χ0v) is 28.9. The van der Waals surface area contributed by atoms with Crippen molar-refractivity contribution in [3.8, 4) is 5.75 Å². The number of fused-ring (bicyclic) bond motifs is 2. The van der Waals surface area contributed by atoms with Gasteiger partial charge in [0.2, 0.25) is 11.8 Å². The quantitative estimate of drug-likeness (QED) is 0.103. The van der Waals surface area contributed by atoms with E-state index >= 15 is 0 Å². The van der Waals surface area contributed by atoms with Crippen molar-refractivity contribution in [1.29, 1.82) is 0 Å². The van der Waals surface area contributed by atoms with E-state index in [1.54, 1.807) is 7.11 Å². The molecule has 5 N–H and O–H groups in total. The number of piperidine rings is 1. The highest BCUT2D eigenvalue weighted by molar-refractivity contribution is 6.05. The number of hydrogen-bond donors (Lipinski definition) is 5. The molecule has 3 heterocycles. The molecule has 1 aliphatic heterocycles. The van der Waals surface area contributed by atoms with Crippen LogP contribution in [0.1, 0.15) is 45.8 Å². The first-order valence-electron chi connectivity index (χ1n) is 17.5. The van der Waals surface area contributed by atoms with Gasteiger partial charge in [-0.25, -0.2) is 4.39 Å². The van der Waals surface area contributed by atoms with Crippen LogP contribution in [-0.2, 0) is 22.6 Å². The molecule has 266 valence electrons. The van der Waals surface area contributed by atoms with E-state index in [0.29, 0.717) is 23.4 Å². The summed E-state index contributed by atoms with van der Waals surface area (Å²) in [5.41, 5.74) is 5.95. The van der Waals surface area contributed by atoms with Crippen LogP contribution < -0.4 is 20.7 Å². The van der Waals surface area contributed by atoms with Crippen LogP contribution in [0.5, 0.6) is 5.75 Å². The van der Waals surface area contributed by atoms with Crippen molar-refractivity contribution in [1.82, 2.24) is 25.5 Å². The summed E-state index contributed by atoms with van der Waals surface area (Å²) in [7, 11) is 1.60. The van der Waals surface area contributed by atoms with Gasteiger partial charge in [0.1, 0.15) is 17.6 Å². The number of para-hydroxylation sites is 2. The topological polar surface area (TPSA) is 131 Å². The molecule has 0 aliphatic carbocycles. The lowest BCUT2D eigenvalue weighted by Gasteiger charge is -2.32. The van der Waals surface area contributed by atoms with Crippen LogP contribution in [0.3, 0.4) is 0 Å². The van der Waals surface area contributed by atoms with E-state index in [9.17, 15) is 18.8 Å². The number of nitrogens with zero attached hydrogens (tertiary/aromatic N) is 1. The van der Waals surface area contributed by atoms with Gasteiger partial charge in [-0.05, 0) is 97.6 Å². The molecule has 52 heavy (non-hydrogen) atoms. The molecule has 0 spiro atoms. The van der Waals surface area contributed by atoms with Crippen LogP contribution in [0.4, 0.5) is 10.1 Å². The molecule has 0 bridgehead atoms. The van der Waals surface area contributed by atoms with E-state index in [1.165, 1.54) is 29.8 Å². The average molecular weight is 701 g/mol. The third-order valence-electron chi connectivity index (χ3n) is 9.87. The molecule has 7 rings (SSSR count). The molecule has 3 amide bonds. The molecule has 1 fully saturated rings. The van der Waals surface area contributed by atoms with Gasteiger partial charge in [-0.15, -0.1) is 0 Å². The molecule has 10 nitrogen and oxygen atoms in total. The number of rotatable bonds is 12. The molecule has 1 atom stereocenters. The molecule has 0 saturated carbocycles. The second-order valence-electron chi connectivity index (χ2n) is 13.2. The smallest absolute Gasteiger partial charge is 0.255 e. The lowest BCUT2D eigenvalue weighted by atomic mass is 9.89. The number of methoxy groups -OCH3 is 1. The van der Waals surface area contributed by atoms with Crippen molar-refractivity contribution < 1.29 is 23.5 Å². The van der Waals surface area contributed by atoms with Crippen LogP contribution >= 0.6 is 0 Å². The lowest BCUT2D eigenvalue weighted by Crippen LogP contribution is -2.51. The van der Waals surface area contributed by atoms with Gasteiger partial charge in [-0.1, -0.05) is 36.4 Å². The number of aromatic amines is 2. The predicted molar refractivity (Wildman–Crippen MR) is 200 cm³/mol. The molecule has 2 aromatic heterocycles. The summed E-state index contributed by atoms with van der Waals surface area (Å²) in [6.07, 6.45) is 5.97. The Morgan fingerprint density at radius 3 is 2.40 bits per heavy atom. The number of nitrogens with one attached hydrogen (secondary N) is 5. The Kier molecular flexibility index (Phi) is 10.3. The number of ether oxygens (including phenoxy) is 1. The maximum atomic E-state index is 13.6. The summed E-state index contributed by atoms with van der Waals surface area (Å²) in [6.45, 7) is 1.90. The molecular weight excluding hydrogens is 659 g/mol. The fraction of sp³-hybridized carbons (Fsp3) is 0.244. The summed E-state index contributed by atoms with van der Waals surface area (Å²) >= 11 is 0. The maximum Gasteiger partial charge on any atom is 0.255 e. The molecule has 6 aromatic rings. The lowest BCUT2D eigenvalue weighted by molar-refractivity contribution is -0.129. The molecular formula is C41H41FN6O4. The molecule has 1 saturated heterocycles. The Bertz CT molecular complexity index is 2200. The highest BCUT2D eigenvalue weighted by Crippen LogP contribution is 2.34. The van der Waals surface area contributed by atoms with Crippen LogP contribution in [0.25, 0.3) is 21.8 Å². The van der Waals surface area contributed by atoms with Gasteiger partial charge in [-0.2, -0.15) is 0 Å². The Balaban J connectivity index is 0.979. The van der Waals surface area contributed by atoms with E-state index in [4.69, 9.17) is 4.74 Å². The number of amides is 3. The third-order valence-corrected chi connectivity index (χ3v) is 9.87. The Labute approximate surface area is 300 Å². The fourth-order valence-electron chi connectivity index (χ4n) is 7.09. The second kappa shape index (κ2) is 15.5. The number of likely N-dealkylation sites (tertiary alicyclic amines) is 1. The number of halogens is 1. The zero-order valence-electron chi connectivity index (χ0n) is 28.9. The molecule has 1 unspecified atom stereocenters.